The highest BCUT2D eigenvalue weighted by atomic mass is 16.8. The van der Waals surface area contributed by atoms with E-state index in [1.165, 1.54) is 0 Å². The Morgan fingerprint density at radius 3 is 0.437 bits per heavy atom. The van der Waals surface area contributed by atoms with Crippen molar-refractivity contribution in [1.29, 1.82) is 0 Å². The molecule has 0 aliphatic carbocycles. The van der Waals surface area contributed by atoms with Gasteiger partial charge in [0.05, 0.1) is 52.9 Å². The molecule has 0 amide bonds. The minimum Gasteiger partial charge on any atom is -0.394 e. The molecule has 0 spiro atoms. The summed E-state index contributed by atoms with van der Waals surface area (Å²) < 4.78 is 113. The second kappa shape index (κ2) is 41.2. The highest BCUT2D eigenvalue weighted by Crippen LogP contribution is 2.47. The van der Waals surface area contributed by atoms with Gasteiger partial charge in [0, 0.05) is 0 Å². The van der Waals surface area contributed by atoms with Gasteiger partial charge in [0.25, 0.3) is 0 Å². The topological polar surface area (TPSA) is 611 Å². The molecule has 36 rings (SSSR count). The quantitative estimate of drug-likeness (QED) is 0.0356. The lowest BCUT2D eigenvalue weighted by molar-refractivity contribution is -0.404. The molecule has 30 saturated heterocycles. The molecule has 692 valence electrons. The highest BCUT2D eigenvalue weighted by Gasteiger charge is 2.62. The van der Waals surface area contributed by atoms with Gasteiger partial charge in [0.2, 0.25) is 0 Å². The maximum atomic E-state index is 13.0. The molecule has 6 aromatic carbocycles. The van der Waals surface area contributed by atoms with Crippen LogP contribution in [0.1, 0.15) is 33.4 Å². The number of hydrogen-bond donors (Lipinski definition) is 22. The van der Waals surface area contributed by atoms with Gasteiger partial charge in [0.15, 0.2) is 50.3 Å². The van der Waals surface area contributed by atoms with Gasteiger partial charge in [-0.3, -0.25) is 0 Å². The molecule has 0 radical (unpaired) electrons. The van der Waals surface area contributed by atoms with Crippen molar-refractivity contribution < 1.29 is 198 Å². The molecular weight excluding hydrogens is 1670 g/mol. The Hall–Kier alpha value is -6.28. The minimum atomic E-state index is -2.35. The van der Waals surface area contributed by atoms with Crippen molar-refractivity contribution >= 4 is 0 Å². The lowest BCUT2D eigenvalue weighted by Gasteiger charge is -2.51. The smallest absolute Gasteiger partial charge is 0.187 e. The van der Waals surface area contributed by atoms with E-state index in [9.17, 15) is 112 Å². The average molecular weight is 1780 g/mol. The van der Waals surface area contributed by atoms with Crippen LogP contribution < -0.4 is 0 Å². The van der Waals surface area contributed by atoms with Gasteiger partial charge in [-0.05, 0) is 33.4 Å². The van der Waals surface area contributed by atoms with Crippen molar-refractivity contribution in [2.45, 2.75) is 257 Å². The number of hydrogen-bond acceptors (Lipinski definition) is 40. The zero-order valence-electron chi connectivity index (χ0n) is 67.3. The van der Waals surface area contributed by atoms with Crippen LogP contribution in [0.2, 0.25) is 0 Å². The van der Waals surface area contributed by atoms with Gasteiger partial charge in [-0.25, -0.2) is 0 Å². The van der Waals surface area contributed by atoms with E-state index in [0.29, 0.717) is 33.4 Å². The summed E-state index contributed by atoms with van der Waals surface area (Å²) in [4.78, 5) is 0. The Labute approximate surface area is 719 Å². The van der Waals surface area contributed by atoms with Crippen molar-refractivity contribution in [3.05, 3.63) is 215 Å². The van der Waals surface area contributed by atoms with Crippen molar-refractivity contribution in [2.75, 3.05) is 52.9 Å². The summed E-state index contributed by atoms with van der Waals surface area (Å²) in [6, 6.07) is 53.4. The third-order valence-electron chi connectivity index (χ3n) is 24.5. The molecule has 30 aliphatic rings. The first-order chi connectivity index (χ1) is 60.8. The van der Waals surface area contributed by atoms with Crippen LogP contribution in [0.15, 0.2) is 182 Å². The molecule has 0 unspecified atom stereocenters. The van der Waals surface area contributed by atoms with Gasteiger partial charge >= 0.3 is 0 Å². The zero-order valence-corrected chi connectivity index (χ0v) is 67.3. The van der Waals surface area contributed by atoms with Crippen molar-refractivity contribution in [3.8, 4) is 0 Å². The van der Waals surface area contributed by atoms with Gasteiger partial charge in [-0.2, -0.15) is 0 Å². The van der Waals surface area contributed by atoms with Gasteiger partial charge < -0.3 is 198 Å². The Bertz CT molecular complexity index is 3970. The fraction of sp³-hybridized carbons (Fsp3) is 0.581. The molecule has 0 saturated carbocycles. The summed E-state index contributed by atoms with van der Waals surface area (Å²) in [7, 11) is 0. The van der Waals surface area contributed by atoms with Crippen LogP contribution in [-0.4, -0.2) is 411 Å². The van der Waals surface area contributed by atoms with Crippen LogP contribution in [-0.2, 0) is 96.5 Å². The first-order valence-electron chi connectivity index (χ1n) is 41.5. The van der Waals surface area contributed by atoms with E-state index in [4.69, 9.17) is 85.3 Å². The summed E-state index contributed by atoms with van der Waals surface area (Å²) in [5.74, 6) is 0. The summed E-state index contributed by atoms with van der Waals surface area (Å²) in [6.45, 7) is -8.02. The maximum absolute atomic E-state index is 13.0. The molecule has 6 aromatic rings. The molecule has 30 fully saturated rings. The van der Waals surface area contributed by atoms with E-state index < -0.39 is 310 Å². The van der Waals surface area contributed by atoms with Crippen LogP contribution >= 0.6 is 0 Å². The molecule has 40 nitrogen and oxygen atoms in total. The van der Waals surface area contributed by atoms with Gasteiger partial charge in [0.1, 0.15) is 207 Å². The maximum Gasteiger partial charge on any atom is 0.187 e. The first kappa shape index (κ1) is 94.4. The van der Waals surface area contributed by atoms with E-state index in [-0.39, 0.29) is 0 Å². The molecule has 30 heterocycles. The van der Waals surface area contributed by atoms with Crippen molar-refractivity contribution in [3.63, 3.8) is 0 Å². The molecule has 0 aromatic heterocycles. The second-order valence-electron chi connectivity index (χ2n) is 32.3. The fourth-order valence-electron chi connectivity index (χ4n) is 17.8. The zero-order chi connectivity index (χ0) is 89.2. The predicted octanol–water partition coefficient (Wildman–Crippen LogP) is -7.37. The fourth-order valence-corrected chi connectivity index (χ4v) is 17.8. The first-order valence-corrected chi connectivity index (χ1v) is 41.5. The van der Waals surface area contributed by atoms with Crippen LogP contribution in [0.4, 0.5) is 0 Å². The van der Waals surface area contributed by atoms with E-state index >= 15 is 0 Å². The van der Waals surface area contributed by atoms with E-state index in [1.54, 1.807) is 182 Å². The van der Waals surface area contributed by atoms with Crippen LogP contribution in [0.25, 0.3) is 0 Å². The Morgan fingerprint density at radius 2 is 0.302 bits per heavy atom. The summed E-state index contributed by atoms with van der Waals surface area (Å²) in [5, 5.41) is 259. The number of benzene rings is 6. The summed E-state index contributed by atoms with van der Waals surface area (Å²) >= 11 is 0. The Kier molecular flexibility index (Phi) is 30.9. The summed E-state index contributed by atoms with van der Waals surface area (Å²) in [6.07, 6.45) is -84.1. The number of ether oxygens (including phenoxy) is 18. The average Bonchev–Trinajstić information content (AvgIpc) is 0.737. The molecule has 40 heteroatoms. The number of aliphatic hydroxyl groups is 22. The molecular formula is C86H108O40. The van der Waals surface area contributed by atoms with E-state index in [2.05, 4.69) is 0 Å². The molecule has 16 bridgehead atoms. The largest absolute Gasteiger partial charge is 0.394 e. The Balaban J connectivity index is 0.794. The SMILES string of the molecule is OC[C@H]1O[C@@H]2O[C@H]3[C@H](O)[C@@H](O)[C@@H](O[C@H]4[C@H](O)[C@@H](O)[C@@H](O[C@H]5[C@H](O)[C@@H](O)[C@@H](O[C@H]6[C@H](O)[C@@H](O)[C@@H](O[C@H]7[C@H](O)[C@@H](O)[C@@H](O[C@H]8[C@H](O)[C@@H](O)[C@@H](O[C@H]9[C@H](O)[C@@H](O)[C@@H](O[C@H]1[C@H](O)[C@H]2O)O[C@@H]9CO)O[C@@H]8CO)O[C@@H]7CO)O[C@@H]6COC(c1ccccc1)(c1ccccc1)c1ccccc1)O[C@@H]5COC(c1ccccc1)(c1ccccc1)c1ccccc1)O[C@@H]4CO)O[C@@H]3CO. The monoisotopic (exact) mass is 1780 g/mol. The van der Waals surface area contributed by atoms with E-state index in [0.717, 1.165) is 0 Å². The van der Waals surface area contributed by atoms with Gasteiger partial charge in [-0.1, -0.05) is 182 Å². The number of aliphatic hydroxyl groups excluding tert-OH is 22. The lowest BCUT2D eigenvalue weighted by Crippen LogP contribution is -2.69. The van der Waals surface area contributed by atoms with Crippen LogP contribution in [0, 0.1) is 0 Å². The second-order valence-corrected chi connectivity index (χ2v) is 32.3. The normalized spacial score (nSPS) is 42.3. The Morgan fingerprint density at radius 1 is 0.175 bits per heavy atom. The van der Waals surface area contributed by atoms with E-state index in [1.807, 2.05) is 0 Å². The lowest BCUT2D eigenvalue weighted by atomic mass is 9.80. The van der Waals surface area contributed by atoms with Crippen LogP contribution in [0.3, 0.4) is 0 Å². The molecule has 22 N–H and O–H groups in total. The van der Waals surface area contributed by atoms with Crippen molar-refractivity contribution in [2.24, 2.45) is 0 Å². The van der Waals surface area contributed by atoms with Gasteiger partial charge in [-0.15, -0.1) is 0 Å². The molecule has 30 aliphatic heterocycles. The predicted molar refractivity (Wildman–Crippen MR) is 417 cm³/mol. The number of rotatable bonds is 18. The molecule has 126 heavy (non-hydrogen) atoms. The highest BCUT2D eigenvalue weighted by molar-refractivity contribution is 5.49. The third kappa shape index (κ3) is 18.6. The van der Waals surface area contributed by atoms with Crippen LogP contribution in [0.5, 0.6) is 0 Å². The van der Waals surface area contributed by atoms with Crippen molar-refractivity contribution in [1.82, 2.24) is 0 Å². The third-order valence-corrected chi connectivity index (χ3v) is 24.5. The minimum absolute atomic E-state index is 0.540. The molecule has 40 atom stereocenters. The summed E-state index contributed by atoms with van der Waals surface area (Å²) in [5.41, 5.74) is 0.00471. The standard InChI is InChI=1S/C86H108O40/c87-31-45-69-54(94)62(102)78(112-45)121-71-47(33-89)114-80(64(104)56(71)96)123-73-49(35-91)116-82(66(106)58(73)98)125-75-51(37-109-85(39-19-7-1-8-20-39,40-21-9-2-10-22-40)41-23-11-3-12-24-41)118-84(68(108)60(75)100)126-76-52(38-110-86(42-25-13-4-14-26-42,43-27-15-5-16-28-43)44-29-17-6-18-30-44)117-83(67(107)59(76)99)124-74-50(36-92)115-81(65(105)57(74)97)122-72-48(34-90)113-79(63(103)55(72)95)120-70-46(32-88)111-77(119-69)61(101)53(70)93/h1-30,45-84,87-108H,31-38H2/t45-,46-,47-,48-,49-,50-,51-,52-,53-,54-,55-,56-,57-,58-,59-,60-,61-,62-,63-,64-,65-,66-,67-,68-,69-,70-,71-,72-,73-,74-,75-,76-,77-,78-,79-,80-,81-,82-,83-,84-/m1/s1.